The van der Waals surface area contributed by atoms with Gasteiger partial charge in [0.2, 0.25) is 0 Å². The molecule has 1 unspecified atom stereocenters. The Morgan fingerprint density at radius 1 is 0.579 bits per heavy atom. The summed E-state index contributed by atoms with van der Waals surface area (Å²) in [6.45, 7) is 10.7. The van der Waals surface area contributed by atoms with Gasteiger partial charge < -0.3 is 19.3 Å². The quantitative estimate of drug-likeness (QED) is 0.0675. The van der Waals surface area contributed by atoms with Gasteiger partial charge in [-0.3, -0.25) is 4.79 Å². The Kier molecular flexibility index (Phi) is 28.8. The molecule has 0 amide bonds. The van der Waals surface area contributed by atoms with Gasteiger partial charge in [0.1, 0.15) is 0 Å². The van der Waals surface area contributed by atoms with Gasteiger partial charge in [-0.2, -0.15) is 0 Å². The first kappa shape index (κ1) is 37.4. The van der Waals surface area contributed by atoms with Crippen LogP contribution in [0.25, 0.3) is 0 Å². The van der Waals surface area contributed by atoms with Crippen LogP contribution in [0.3, 0.4) is 0 Å². The molecule has 0 N–H and O–H groups in total. The molecule has 0 aromatic heterocycles. The Hall–Kier alpha value is -0.650. The molecule has 0 heterocycles. The SMILES string of the molecule is CCCCCCCCC(CCCCCC)C(=O)OCCCCCCN(CCCCCCOC)CCN(C)C. The molecule has 228 valence electrons. The fraction of sp³-hybridized carbons (Fsp3) is 0.970. The van der Waals surface area contributed by atoms with Crippen molar-refractivity contribution < 1.29 is 14.3 Å². The fourth-order valence-electron chi connectivity index (χ4n) is 5.06. The topological polar surface area (TPSA) is 42.0 Å². The van der Waals surface area contributed by atoms with Crippen LogP contribution in [0.4, 0.5) is 0 Å². The molecule has 1 atom stereocenters. The minimum Gasteiger partial charge on any atom is -0.465 e. The van der Waals surface area contributed by atoms with E-state index < -0.39 is 0 Å². The summed E-state index contributed by atoms with van der Waals surface area (Å²) in [7, 11) is 6.11. The molecule has 0 aliphatic heterocycles. The maximum Gasteiger partial charge on any atom is 0.308 e. The number of nitrogens with zero attached hydrogens (tertiary/aromatic N) is 2. The first-order chi connectivity index (χ1) is 18.5. The molecule has 0 rings (SSSR count). The minimum atomic E-state index is 0.0791. The lowest BCUT2D eigenvalue weighted by atomic mass is 9.94. The van der Waals surface area contributed by atoms with Crippen LogP contribution in [0.5, 0.6) is 0 Å². The average Bonchev–Trinajstić information content (AvgIpc) is 2.90. The first-order valence-corrected chi connectivity index (χ1v) is 16.6. The molecule has 0 aromatic carbocycles. The summed E-state index contributed by atoms with van der Waals surface area (Å²) in [6.07, 6.45) is 24.3. The van der Waals surface area contributed by atoms with Crippen molar-refractivity contribution in [3.05, 3.63) is 0 Å². The Bertz CT molecular complexity index is 487. The number of esters is 1. The molecular formula is C33H68N2O3. The van der Waals surface area contributed by atoms with Crippen LogP contribution >= 0.6 is 0 Å². The largest absolute Gasteiger partial charge is 0.465 e. The van der Waals surface area contributed by atoms with Crippen LogP contribution in [0.15, 0.2) is 0 Å². The van der Waals surface area contributed by atoms with E-state index in [0.29, 0.717) is 6.61 Å². The van der Waals surface area contributed by atoms with Crippen molar-refractivity contribution in [2.75, 3.05) is 60.6 Å². The van der Waals surface area contributed by atoms with Gasteiger partial charge in [0.05, 0.1) is 12.5 Å². The summed E-state index contributed by atoms with van der Waals surface area (Å²) < 4.78 is 10.9. The molecule has 0 aliphatic rings. The second-order valence-electron chi connectivity index (χ2n) is 11.7. The first-order valence-electron chi connectivity index (χ1n) is 16.6. The molecule has 0 aromatic rings. The fourth-order valence-corrected chi connectivity index (χ4v) is 5.06. The zero-order chi connectivity index (χ0) is 28.1. The van der Waals surface area contributed by atoms with Crippen molar-refractivity contribution in [2.45, 2.75) is 142 Å². The third-order valence-corrected chi connectivity index (χ3v) is 7.69. The van der Waals surface area contributed by atoms with Crippen molar-refractivity contribution in [3.8, 4) is 0 Å². The molecule has 0 fully saturated rings. The van der Waals surface area contributed by atoms with Gasteiger partial charge in [-0.15, -0.1) is 0 Å². The maximum atomic E-state index is 12.8. The third kappa shape index (κ3) is 25.6. The standard InChI is InChI=1S/C33H68N2O3/c1-6-8-10-12-13-19-25-32(24-18-11-9-7-2)33(36)38-31-23-17-15-21-27-35(29-28-34(3)4)26-20-14-16-22-30-37-5/h32H,6-31H2,1-5H3. The summed E-state index contributed by atoms with van der Waals surface area (Å²) in [5.41, 5.74) is 0. The van der Waals surface area contributed by atoms with Crippen LogP contribution in [0.2, 0.25) is 0 Å². The minimum absolute atomic E-state index is 0.0791. The third-order valence-electron chi connectivity index (χ3n) is 7.69. The molecular weight excluding hydrogens is 472 g/mol. The predicted octanol–water partition coefficient (Wildman–Crippen LogP) is 8.50. The van der Waals surface area contributed by atoms with Crippen molar-refractivity contribution >= 4 is 5.97 Å². The number of hydrogen-bond donors (Lipinski definition) is 0. The van der Waals surface area contributed by atoms with E-state index in [2.05, 4.69) is 37.7 Å². The van der Waals surface area contributed by atoms with Gasteiger partial charge in [-0.05, 0) is 65.7 Å². The molecule has 38 heavy (non-hydrogen) atoms. The second-order valence-corrected chi connectivity index (χ2v) is 11.7. The molecule has 0 saturated heterocycles. The van der Waals surface area contributed by atoms with Crippen molar-refractivity contribution in [1.82, 2.24) is 9.80 Å². The van der Waals surface area contributed by atoms with E-state index in [1.165, 1.54) is 116 Å². The lowest BCUT2D eigenvalue weighted by molar-refractivity contribution is -0.149. The predicted molar refractivity (Wildman–Crippen MR) is 165 cm³/mol. The van der Waals surface area contributed by atoms with E-state index >= 15 is 0 Å². The summed E-state index contributed by atoms with van der Waals surface area (Å²) in [5, 5.41) is 0. The molecule has 0 aliphatic carbocycles. The van der Waals surface area contributed by atoms with E-state index in [0.717, 1.165) is 45.4 Å². The van der Waals surface area contributed by atoms with Gasteiger partial charge in [-0.25, -0.2) is 0 Å². The van der Waals surface area contributed by atoms with Crippen molar-refractivity contribution in [2.24, 2.45) is 5.92 Å². The molecule has 0 saturated carbocycles. The highest BCUT2D eigenvalue weighted by molar-refractivity contribution is 5.72. The number of unbranched alkanes of at least 4 members (excludes halogenated alkanes) is 14. The van der Waals surface area contributed by atoms with E-state index in [1.54, 1.807) is 7.11 Å². The number of carbonyl (C=O) groups excluding carboxylic acids is 1. The Morgan fingerprint density at radius 3 is 1.61 bits per heavy atom. The summed E-state index contributed by atoms with van der Waals surface area (Å²) >= 11 is 0. The normalized spacial score (nSPS) is 12.5. The highest BCUT2D eigenvalue weighted by Crippen LogP contribution is 2.20. The monoisotopic (exact) mass is 541 g/mol. The molecule has 5 nitrogen and oxygen atoms in total. The van der Waals surface area contributed by atoms with Gasteiger partial charge in [-0.1, -0.05) is 104 Å². The molecule has 0 spiro atoms. The summed E-state index contributed by atoms with van der Waals surface area (Å²) in [4.78, 5) is 17.7. The number of methoxy groups -OCH3 is 1. The molecule has 5 heteroatoms. The van der Waals surface area contributed by atoms with E-state index in [-0.39, 0.29) is 11.9 Å². The van der Waals surface area contributed by atoms with E-state index in [1.807, 2.05) is 0 Å². The van der Waals surface area contributed by atoms with Crippen LogP contribution in [-0.4, -0.2) is 76.4 Å². The molecule has 0 radical (unpaired) electrons. The van der Waals surface area contributed by atoms with Crippen LogP contribution < -0.4 is 0 Å². The Balaban J connectivity index is 4.15. The Morgan fingerprint density at radius 2 is 1.05 bits per heavy atom. The van der Waals surface area contributed by atoms with Gasteiger partial charge >= 0.3 is 5.97 Å². The van der Waals surface area contributed by atoms with E-state index in [9.17, 15) is 4.79 Å². The molecule has 0 bridgehead atoms. The number of carbonyl (C=O) groups is 1. The Labute approximate surface area is 238 Å². The lowest BCUT2D eigenvalue weighted by Crippen LogP contribution is -2.33. The highest BCUT2D eigenvalue weighted by Gasteiger charge is 2.19. The van der Waals surface area contributed by atoms with Crippen LogP contribution in [-0.2, 0) is 14.3 Å². The number of rotatable bonds is 30. The number of hydrogen-bond acceptors (Lipinski definition) is 5. The van der Waals surface area contributed by atoms with Crippen LogP contribution in [0, 0.1) is 5.92 Å². The van der Waals surface area contributed by atoms with Crippen molar-refractivity contribution in [3.63, 3.8) is 0 Å². The second kappa shape index (κ2) is 29.3. The smallest absolute Gasteiger partial charge is 0.308 e. The zero-order valence-corrected chi connectivity index (χ0v) is 26.6. The van der Waals surface area contributed by atoms with E-state index in [4.69, 9.17) is 9.47 Å². The average molecular weight is 541 g/mol. The van der Waals surface area contributed by atoms with Crippen LogP contribution in [0.1, 0.15) is 142 Å². The van der Waals surface area contributed by atoms with Gasteiger partial charge in [0.25, 0.3) is 0 Å². The maximum absolute atomic E-state index is 12.8. The lowest BCUT2D eigenvalue weighted by Gasteiger charge is -2.24. The van der Waals surface area contributed by atoms with Gasteiger partial charge in [0.15, 0.2) is 0 Å². The highest BCUT2D eigenvalue weighted by atomic mass is 16.5. The number of ether oxygens (including phenoxy) is 2. The van der Waals surface area contributed by atoms with Gasteiger partial charge in [0, 0.05) is 26.8 Å². The van der Waals surface area contributed by atoms with Crippen molar-refractivity contribution in [1.29, 1.82) is 0 Å². The summed E-state index contributed by atoms with van der Waals surface area (Å²) in [5.74, 6) is 0.202. The number of likely N-dealkylation sites (N-methyl/N-ethyl adjacent to an activating group) is 1. The summed E-state index contributed by atoms with van der Waals surface area (Å²) in [6, 6.07) is 0. The zero-order valence-electron chi connectivity index (χ0n) is 26.6.